The van der Waals surface area contributed by atoms with Crippen LogP contribution < -0.4 is 34.7 Å². The summed E-state index contributed by atoms with van der Waals surface area (Å²) >= 11 is 0. The summed E-state index contributed by atoms with van der Waals surface area (Å²) in [6, 6.07) is 4.33. The van der Waals surface area contributed by atoms with E-state index in [1.54, 1.807) is 6.07 Å². The first kappa shape index (κ1) is 16.2. The summed E-state index contributed by atoms with van der Waals surface area (Å²) in [4.78, 5) is 21.6. The summed E-state index contributed by atoms with van der Waals surface area (Å²) in [7, 11) is 0. The maximum atomic E-state index is 10.9. The molecule has 0 amide bonds. The van der Waals surface area contributed by atoms with E-state index in [4.69, 9.17) is 5.11 Å². The monoisotopic (exact) mass is 244 g/mol. The van der Waals surface area contributed by atoms with Crippen molar-refractivity contribution >= 4 is 11.9 Å². The van der Waals surface area contributed by atoms with Crippen molar-refractivity contribution in [1.82, 2.24) is 0 Å². The molecule has 0 saturated carbocycles. The van der Waals surface area contributed by atoms with E-state index >= 15 is 0 Å². The minimum Gasteiger partial charge on any atom is -0.545 e. The Morgan fingerprint density at radius 3 is 2.35 bits per heavy atom. The quantitative estimate of drug-likeness (QED) is 0.638. The van der Waals surface area contributed by atoms with E-state index in [2.05, 4.69) is 0 Å². The number of hydrogen-bond acceptors (Lipinski definition) is 3. The van der Waals surface area contributed by atoms with Gasteiger partial charge in [0.25, 0.3) is 0 Å². The number of carboxylic acid groups (broad SMARTS) is 2. The Kier molecular flexibility index (Phi) is 6.45. The second kappa shape index (κ2) is 6.79. The minimum atomic E-state index is -1.46. The third-order valence-electron chi connectivity index (χ3n) is 2.68. The molecule has 0 heterocycles. The van der Waals surface area contributed by atoms with Crippen LogP contribution in [0.1, 0.15) is 52.5 Å². The minimum absolute atomic E-state index is 0. The second-order valence-corrected chi connectivity index (χ2v) is 3.71. The van der Waals surface area contributed by atoms with Gasteiger partial charge in [-0.25, -0.2) is 4.79 Å². The SMILES string of the molecule is CCC(C)c1ccc(C(=O)[O-])c(C(=O)O)c1.[Na+]. The van der Waals surface area contributed by atoms with E-state index in [1.807, 2.05) is 13.8 Å². The van der Waals surface area contributed by atoms with Gasteiger partial charge in [-0.1, -0.05) is 26.0 Å². The van der Waals surface area contributed by atoms with Crippen LogP contribution in [0.15, 0.2) is 18.2 Å². The smallest absolute Gasteiger partial charge is 0.545 e. The number of hydrogen-bond donors (Lipinski definition) is 1. The molecular formula is C12H13NaO4. The van der Waals surface area contributed by atoms with Crippen molar-refractivity contribution in [2.45, 2.75) is 26.2 Å². The molecule has 1 N–H and O–H groups in total. The molecular weight excluding hydrogens is 231 g/mol. The summed E-state index contributed by atoms with van der Waals surface area (Å²) in [5.41, 5.74) is 0.335. The van der Waals surface area contributed by atoms with Crippen molar-refractivity contribution in [2.75, 3.05) is 0 Å². The van der Waals surface area contributed by atoms with Crippen molar-refractivity contribution in [1.29, 1.82) is 0 Å². The number of carbonyl (C=O) groups excluding carboxylic acids is 1. The fourth-order valence-corrected chi connectivity index (χ4v) is 1.46. The Hall–Kier alpha value is -0.840. The van der Waals surface area contributed by atoms with Gasteiger partial charge in [-0.15, -0.1) is 0 Å². The zero-order valence-electron chi connectivity index (χ0n) is 10.2. The first-order chi connectivity index (χ1) is 7.47. The van der Waals surface area contributed by atoms with Crippen LogP contribution in [0.4, 0.5) is 0 Å². The summed E-state index contributed by atoms with van der Waals surface area (Å²) < 4.78 is 0. The van der Waals surface area contributed by atoms with E-state index in [-0.39, 0.29) is 46.6 Å². The number of benzene rings is 1. The fourth-order valence-electron chi connectivity index (χ4n) is 1.46. The molecule has 0 radical (unpaired) electrons. The Morgan fingerprint density at radius 1 is 1.35 bits per heavy atom. The van der Waals surface area contributed by atoms with Crippen molar-refractivity contribution in [2.24, 2.45) is 0 Å². The first-order valence-corrected chi connectivity index (χ1v) is 5.06. The van der Waals surface area contributed by atoms with Gasteiger partial charge in [-0.2, -0.15) is 0 Å². The molecule has 0 spiro atoms. The Balaban J connectivity index is 0.00000256. The molecule has 86 valence electrons. The van der Waals surface area contributed by atoms with Crippen LogP contribution in [-0.2, 0) is 0 Å². The van der Waals surface area contributed by atoms with E-state index in [0.29, 0.717) is 0 Å². The molecule has 0 aliphatic carbocycles. The molecule has 1 aromatic carbocycles. The molecule has 0 aliphatic rings. The van der Waals surface area contributed by atoms with Gasteiger partial charge in [-0.3, -0.25) is 0 Å². The summed E-state index contributed by atoms with van der Waals surface area (Å²) in [6.45, 7) is 3.94. The first-order valence-electron chi connectivity index (χ1n) is 5.06. The van der Waals surface area contributed by atoms with E-state index in [1.165, 1.54) is 12.1 Å². The van der Waals surface area contributed by atoms with Gasteiger partial charge in [0.2, 0.25) is 0 Å². The maximum absolute atomic E-state index is 10.9. The van der Waals surface area contributed by atoms with Crippen LogP contribution >= 0.6 is 0 Å². The van der Waals surface area contributed by atoms with E-state index < -0.39 is 11.9 Å². The zero-order valence-corrected chi connectivity index (χ0v) is 12.2. The van der Waals surface area contributed by atoms with Gasteiger partial charge < -0.3 is 15.0 Å². The van der Waals surface area contributed by atoms with Crippen LogP contribution in [-0.4, -0.2) is 17.0 Å². The molecule has 1 aromatic rings. The van der Waals surface area contributed by atoms with Crippen molar-refractivity contribution in [3.05, 3.63) is 34.9 Å². The third-order valence-corrected chi connectivity index (χ3v) is 2.68. The average molecular weight is 244 g/mol. The maximum Gasteiger partial charge on any atom is 1.00 e. The Morgan fingerprint density at radius 2 is 1.94 bits per heavy atom. The largest absolute Gasteiger partial charge is 1.00 e. The molecule has 0 saturated heterocycles. The van der Waals surface area contributed by atoms with E-state index in [0.717, 1.165) is 12.0 Å². The zero-order chi connectivity index (χ0) is 12.3. The average Bonchev–Trinajstić information content (AvgIpc) is 2.26. The second-order valence-electron chi connectivity index (χ2n) is 3.71. The van der Waals surface area contributed by atoms with Crippen LogP contribution in [0.25, 0.3) is 0 Å². The molecule has 5 heteroatoms. The topological polar surface area (TPSA) is 77.4 Å². The van der Waals surface area contributed by atoms with Gasteiger partial charge in [0.15, 0.2) is 0 Å². The molecule has 4 nitrogen and oxygen atoms in total. The normalized spacial score (nSPS) is 11.4. The van der Waals surface area contributed by atoms with Crippen LogP contribution in [0.5, 0.6) is 0 Å². The van der Waals surface area contributed by atoms with Gasteiger partial charge in [-0.05, 0) is 24.0 Å². The van der Waals surface area contributed by atoms with Gasteiger partial charge in [0.1, 0.15) is 0 Å². The summed E-state index contributed by atoms with van der Waals surface area (Å²) in [5.74, 6) is -2.51. The molecule has 17 heavy (non-hydrogen) atoms. The molecule has 0 aliphatic heterocycles. The van der Waals surface area contributed by atoms with Crippen LogP contribution in [0.2, 0.25) is 0 Å². The molecule has 1 unspecified atom stereocenters. The van der Waals surface area contributed by atoms with Crippen molar-refractivity contribution < 1.29 is 49.4 Å². The fraction of sp³-hybridized carbons (Fsp3) is 0.333. The van der Waals surface area contributed by atoms with Crippen molar-refractivity contribution in [3.8, 4) is 0 Å². The van der Waals surface area contributed by atoms with Gasteiger partial charge in [0, 0.05) is 5.56 Å². The number of aromatic carboxylic acids is 2. The van der Waals surface area contributed by atoms with Crippen LogP contribution in [0.3, 0.4) is 0 Å². The molecule has 1 atom stereocenters. The molecule has 0 aromatic heterocycles. The van der Waals surface area contributed by atoms with Gasteiger partial charge >= 0.3 is 35.5 Å². The Labute approximate surface area is 122 Å². The molecule has 0 bridgehead atoms. The van der Waals surface area contributed by atoms with Gasteiger partial charge in [0.05, 0.1) is 11.5 Å². The van der Waals surface area contributed by atoms with Crippen molar-refractivity contribution in [3.63, 3.8) is 0 Å². The summed E-state index contributed by atoms with van der Waals surface area (Å²) in [6.07, 6.45) is 0.865. The van der Waals surface area contributed by atoms with Crippen LogP contribution in [0, 0.1) is 0 Å². The molecule has 1 rings (SSSR count). The number of carbonyl (C=O) groups is 2. The summed E-state index contributed by atoms with van der Waals surface area (Å²) in [5, 5.41) is 19.6. The molecule has 0 fully saturated rings. The van der Waals surface area contributed by atoms with E-state index in [9.17, 15) is 14.7 Å². The third kappa shape index (κ3) is 3.84. The standard InChI is InChI=1S/C12H14O4.Na/c1-3-7(2)8-4-5-9(11(13)14)10(6-8)12(15)16;/h4-7H,3H2,1-2H3,(H,13,14)(H,15,16);/q;+1/p-1. The number of rotatable bonds is 4. The predicted molar refractivity (Wildman–Crippen MR) is 56.4 cm³/mol. The number of carboxylic acids is 2. The Bertz CT molecular complexity index is 429. The predicted octanol–water partition coefficient (Wildman–Crippen LogP) is -1.73.